The molecule has 0 aliphatic heterocycles. The zero-order chi connectivity index (χ0) is 15.5. The van der Waals surface area contributed by atoms with E-state index in [0.29, 0.717) is 16.6 Å². The van der Waals surface area contributed by atoms with Crippen LogP contribution in [0.2, 0.25) is 0 Å². The Labute approximate surface area is 129 Å². The molecule has 0 spiro atoms. The van der Waals surface area contributed by atoms with Gasteiger partial charge in [-0.2, -0.15) is 0 Å². The van der Waals surface area contributed by atoms with E-state index in [4.69, 9.17) is 18.0 Å². The van der Waals surface area contributed by atoms with Crippen molar-refractivity contribution >= 4 is 28.9 Å². The van der Waals surface area contributed by atoms with Crippen LogP contribution in [0, 0.1) is 11.7 Å². The Morgan fingerprint density at radius 2 is 2.10 bits per heavy atom. The lowest BCUT2D eigenvalue weighted by atomic mass is 9.77. The predicted molar refractivity (Wildman–Crippen MR) is 85.7 cm³/mol. The van der Waals surface area contributed by atoms with Crippen LogP contribution in [0.15, 0.2) is 24.3 Å². The molecule has 1 aromatic carbocycles. The maximum Gasteiger partial charge on any atom is 0.320 e. The van der Waals surface area contributed by atoms with Gasteiger partial charge in [0.05, 0.1) is 10.5 Å². The molecule has 2 rings (SSSR count). The molecule has 1 aromatic rings. The van der Waals surface area contributed by atoms with E-state index in [0.717, 1.165) is 25.7 Å². The summed E-state index contributed by atoms with van der Waals surface area (Å²) in [7, 11) is 0. The highest BCUT2D eigenvalue weighted by Crippen LogP contribution is 2.32. The molecule has 4 nitrogen and oxygen atoms in total. The number of nitrogens with two attached hydrogens (primary N) is 1. The zero-order valence-electron chi connectivity index (χ0n) is 12.0. The van der Waals surface area contributed by atoms with Crippen molar-refractivity contribution in [2.24, 2.45) is 11.7 Å². The fourth-order valence-corrected chi connectivity index (χ4v) is 2.89. The normalized spacial score (nSPS) is 25.1. The Morgan fingerprint density at radius 1 is 1.43 bits per heavy atom. The fraction of sp³-hybridized carbons (Fsp3) is 0.467. The Morgan fingerprint density at radius 3 is 2.67 bits per heavy atom. The van der Waals surface area contributed by atoms with Crippen LogP contribution in [0.3, 0.4) is 0 Å². The average Bonchev–Trinajstić information content (AvgIpc) is 2.41. The van der Waals surface area contributed by atoms with Gasteiger partial charge < -0.3 is 16.4 Å². The number of benzene rings is 1. The van der Waals surface area contributed by atoms with Crippen molar-refractivity contribution < 1.29 is 9.18 Å². The van der Waals surface area contributed by atoms with Gasteiger partial charge in [-0.3, -0.25) is 0 Å². The van der Waals surface area contributed by atoms with Crippen molar-refractivity contribution in [1.82, 2.24) is 5.32 Å². The van der Waals surface area contributed by atoms with Crippen LogP contribution >= 0.6 is 12.2 Å². The van der Waals surface area contributed by atoms with E-state index in [-0.39, 0.29) is 0 Å². The van der Waals surface area contributed by atoms with Gasteiger partial charge in [0.2, 0.25) is 0 Å². The molecule has 0 saturated heterocycles. The molecule has 0 unspecified atom stereocenters. The summed E-state index contributed by atoms with van der Waals surface area (Å²) in [4.78, 5) is 12.4. The van der Waals surface area contributed by atoms with Gasteiger partial charge in [-0.05, 0) is 49.8 Å². The van der Waals surface area contributed by atoms with E-state index in [2.05, 4.69) is 17.6 Å². The van der Waals surface area contributed by atoms with E-state index >= 15 is 0 Å². The quantitative estimate of drug-likeness (QED) is 0.751. The van der Waals surface area contributed by atoms with Crippen molar-refractivity contribution in [3.63, 3.8) is 0 Å². The molecular weight excluding hydrogens is 289 g/mol. The number of rotatable bonds is 3. The van der Waals surface area contributed by atoms with Crippen LogP contribution in [0.4, 0.5) is 14.9 Å². The van der Waals surface area contributed by atoms with Gasteiger partial charge in [-0.25, -0.2) is 9.18 Å². The Kier molecular flexibility index (Phi) is 4.77. The summed E-state index contributed by atoms with van der Waals surface area (Å²) in [6.45, 7) is 2.18. The monoisotopic (exact) mass is 309 g/mol. The average molecular weight is 309 g/mol. The van der Waals surface area contributed by atoms with E-state index in [9.17, 15) is 9.18 Å². The fourth-order valence-electron chi connectivity index (χ4n) is 2.63. The summed E-state index contributed by atoms with van der Waals surface area (Å²) in [5.74, 6) is 0.212. The molecule has 6 heteroatoms. The first-order chi connectivity index (χ1) is 9.91. The molecule has 114 valence electrons. The number of hydrogen-bond acceptors (Lipinski definition) is 2. The van der Waals surface area contributed by atoms with Crippen LogP contribution < -0.4 is 16.4 Å². The maximum absolute atomic E-state index is 13.1. The zero-order valence-corrected chi connectivity index (χ0v) is 12.8. The number of nitrogens with one attached hydrogen (secondary N) is 2. The van der Waals surface area contributed by atoms with Crippen LogP contribution in [0.1, 0.15) is 32.6 Å². The topological polar surface area (TPSA) is 67.2 Å². The summed E-state index contributed by atoms with van der Waals surface area (Å²) >= 11 is 5.15. The third kappa shape index (κ3) is 3.91. The van der Waals surface area contributed by atoms with Crippen molar-refractivity contribution in [2.45, 2.75) is 38.1 Å². The van der Waals surface area contributed by atoms with E-state index in [1.165, 1.54) is 18.2 Å². The Bertz CT molecular complexity index is 541. The van der Waals surface area contributed by atoms with Gasteiger partial charge in [0.1, 0.15) is 5.82 Å². The second-order valence-corrected chi connectivity index (χ2v) is 6.16. The number of anilines is 1. The van der Waals surface area contributed by atoms with E-state index < -0.39 is 17.4 Å². The Balaban J connectivity index is 2.04. The second kappa shape index (κ2) is 6.39. The van der Waals surface area contributed by atoms with Gasteiger partial charge >= 0.3 is 6.03 Å². The first-order valence-corrected chi connectivity index (χ1v) is 7.47. The van der Waals surface area contributed by atoms with Crippen LogP contribution in [0.25, 0.3) is 0 Å². The summed E-state index contributed by atoms with van der Waals surface area (Å²) in [6, 6.07) is 5.33. The molecule has 1 fully saturated rings. The van der Waals surface area contributed by atoms with Crippen molar-refractivity contribution in [3.05, 3.63) is 30.1 Å². The molecule has 0 heterocycles. The highest BCUT2D eigenvalue weighted by atomic mass is 32.1. The van der Waals surface area contributed by atoms with Gasteiger partial charge in [-0.15, -0.1) is 0 Å². The minimum atomic E-state index is -0.640. The van der Waals surface area contributed by atoms with Gasteiger partial charge in [0.15, 0.2) is 0 Å². The lowest BCUT2D eigenvalue weighted by Gasteiger charge is -2.39. The molecule has 1 aliphatic rings. The molecule has 1 saturated carbocycles. The van der Waals surface area contributed by atoms with Crippen LogP contribution in [-0.2, 0) is 0 Å². The summed E-state index contributed by atoms with van der Waals surface area (Å²) in [5.41, 5.74) is 5.60. The molecule has 4 N–H and O–H groups in total. The van der Waals surface area contributed by atoms with Crippen molar-refractivity contribution in [1.29, 1.82) is 0 Å². The molecule has 0 radical (unpaired) electrons. The van der Waals surface area contributed by atoms with Gasteiger partial charge in [0, 0.05) is 5.69 Å². The number of urea groups is 1. The number of hydrogen-bond donors (Lipinski definition) is 3. The number of halogens is 1. The van der Waals surface area contributed by atoms with Crippen molar-refractivity contribution in [3.8, 4) is 0 Å². The minimum Gasteiger partial charge on any atom is -0.391 e. The van der Waals surface area contributed by atoms with Crippen molar-refractivity contribution in [2.75, 3.05) is 5.32 Å². The van der Waals surface area contributed by atoms with Crippen LogP contribution in [0.5, 0.6) is 0 Å². The summed E-state index contributed by atoms with van der Waals surface area (Å²) in [6.07, 6.45) is 3.41. The second-order valence-electron chi connectivity index (χ2n) is 5.72. The minimum absolute atomic E-state index is 0.309. The molecule has 1 aliphatic carbocycles. The molecule has 0 atom stereocenters. The molecule has 0 bridgehead atoms. The molecular formula is C15H20FN3OS. The third-order valence-corrected chi connectivity index (χ3v) is 4.43. The summed E-state index contributed by atoms with van der Waals surface area (Å²) in [5, 5.41) is 5.50. The molecule has 0 aromatic heterocycles. The maximum atomic E-state index is 13.1. The predicted octanol–water partition coefficient (Wildman–Crippen LogP) is 3.18. The van der Waals surface area contributed by atoms with Gasteiger partial charge in [-0.1, -0.05) is 25.2 Å². The van der Waals surface area contributed by atoms with Gasteiger partial charge in [0.25, 0.3) is 0 Å². The number of carbonyl (C=O) groups excluding carboxylic acids is 1. The highest BCUT2D eigenvalue weighted by molar-refractivity contribution is 7.80. The lowest BCUT2D eigenvalue weighted by Crippen LogP contribution is -2.59. The third-order valence-electron chi connectivity index (χ3n) is 4.03. The van der Waals surface area contributed by atoms with E-state index in [1.807, 2.05) is 0 Å². The first-order valence-electron chi connectivity index (χ1n) is 7.06. The SMILES string of the molecule is CC1CCC(NC(=O)Nc2cccc(F)c2)(C(N)=S)CC1. The standard InChI is InChI=1S/C15H20FN3OS/c1-10-5-7-15(8-6-10,13(17)21)19-14(20)18-12-4-2-3-11(16)9-12/h2-4,9-10H,5-8H2,1H3,(H2,17,21)(H2,18,19,20). The smallest absolute Gasteiger partial charge is 0.320 e. The largest absolute Gasteiger partial charge is 0.391 e. The number of amides is 2. The van der Waals surface area contributed by atoms with Crippen LogP contribution in [-0.4, -0.2) is 16.6 Å². The molecule has 21 heavy (non-hydrogen) atoms. The molecule has 2 amide bonds. The number of thiocarbonyl (C=S) groups is 1. The highest BCUT2D eigenvalue weighted by Gasteiger charge is 2.38. The lowest BCUT2D eigenvalue weighted by molar-refractivity contribution is 0.227. The first kappa shape index (κ1) is 15.7. The Hall–Kier alpha value is -1.69. The number of carbonyl (C=O) groups is 1. The van der Waals surface area contributed by atoms with E-state index in [1.54, 1.807) is 6.07 Å². The summed E-state index contributed by atoms with van der Waals surface area (Å²) < 4.78 is 13.1.